The summed E-state index contributed by atoms with van der Waals surface area (Å²) in [5, 5.41) is 5.38. The number of amides is 1. The molecule has 1 amide bonds. The van der Waals surface area contributed by atoms with Crippen molar-refractivity contribution < 1.29 is 22.5 Å². The highest BCUT2D eigenvalue weighted by molar-refractivity contribution is 5.92. The van der Waals surface area contributed by atoms with Gasteiger partial charge in [0.25, 0.3) is 5.91 Å². The predicted molar refractivity (Wildman–Crippen MR) is 65.1 cm³/mol. The molecule has 0 fully saturated rings. The molecule has 1 aromatic heterocycles. The van der Waals surface area contributed by atoms with Crippen LogP contribution in [-0.2, 0) is 0 Å². The van der Waals surface area contributed by atoms with Crippen molar-refractivity contribution in [3.05, 3.63) is 41.7 Å². The molecule has 1 N–H and O–H groups in total. The number of hydrogen-bond donors (Lipinski definition) is 1. The van der Waals surface area contributed by atoms with Crippen molar-refractivity contribution in [3.63, 3.8) is 0 Å². The number of alkyl halides is 3. The van der Waals surface area contributed by atoms with Crippen LogP contribution in [0.15, 0.2) is 34.9 Å². The molecule has 20 heavy (non-hydrogen) atoms. The first kappa shape index (κ1) is 14.1. The maximum Gasteiger partial charge on any atom is 0.405 e. The van der Waals surface area contributed by atoms with Crippen LogP contribution in [-0.4, -0.2) is 23.8 Å². The van der Waals surface area contributed by atoms with E-state index in [-0.39, 0.29) is 5.76 Å². The lowest BCUT2D eigenvalue weighted by Crippen LogP contribution is -2.33. The third-order valence-electron chi connectivity index (χ3n) is 2.53. The van der Waals surface area contributed by atoms with E-state index >= 15 is 0 Å². The summed E-state index contributed by atoms with van der Waals surface area (Å²) in [4.78, 5) is 11.4. The maximum atomic E-state index is 12.0. The topological polar surface area (TPSA) is 55.1 Å². The molecule has 4 nitrogen and oxygen atoms in total. The average molecular weight is 284 g/mol. The zero-order chi connectivity index (χ0) is 14.8. The van der Waals surface area contributed by atoms with Gasteiger partial charge < -0.3 is 9.84 Å². The Kier molecular flexibility index (Phi) is 3.78. The van der Waals surface area contributed by atoms with Crippen molar-refractivity contribution in [2.45, 2.75) is 13.1 Å². The third-order valence-corrected chi connectivity index (χ3v) is 2.53. The maximum absolute atomic E-state index is 12.0. The number of carbonyl (C=O) groups excluding carboxylic acids is 1. The second-order valence-electron chi connectivity index (χ2n) is 4.24. The summed E-state index contributed by atoms with van der Waals surface area (Å²) in [5.41, 5.74) is 2.16. The van der Waals surface area contributed by atoms with Crippen LogP contribution in [0.1, 0.15) is 16.1 Å². The second kappa shape index (κ2) is 5.36. The van der Waals surface area contributed by atoms with Crippen molar-refractivity contribution in [3.8, 4) is 11.3 Å². The van der Waals surface area contributed by atoms with E-state index in [4.69, 9.17) is 4.52 Å². The second-order valence-corrected chi connectivity index (χ2v) is 4.24. The Morgan fingerprint density at radius 2 is 1.95 bits per heavy atom. The lowest BCUT2D eigenvalue weighted by molar-refractivity contribution is -0.123. The predicted octanol–water partition coefficient (Wildman–Crippen LogP) is 2.94. The molecule has 0 saturated heterocycles. The molecule has 106 valence electrons. The summed E-state index contributed by atoms with van der Waals surface area (Å²) < 4.78 is 40.7. The Labute approximate surface area is 112 Å². The fraction of sp³-hybridized carbons (Fsp3) is 0.231. The minimum absolute atomic E-state index is 0.259. The smallest absolute Gasteiger partial charge is 0.350 e. The fourth-order valence-corrected chi connectivity index (χ4v) is 1.51. The van der Waals surface area contributed by atoms with Gasteiger partial charge in [-0.15, -0.1) is 0 Å². The Morgan fingerprint density at radius 3 is 2.55 bits per heavy atom. The molecule has 0 aliphatic heterocycles. The van der Waals surface area contributed by atoms with Gasteiger partial charge in [-0.25, -0.2) is 0 Å². The molecule has 1 heterocycles. The lowest BCUT2D eigenvalue weighted by Gasteiger charge is -2.05. The van der Waals surface area contributed by atoms with E-state index < -0.39 is 18.6 Å². The van der Waals surface area contributed by atoms with Crippen molar-refractivity contribution >= 4 is 5.91 Å². The molecular weight excluding hydrogens is 273 g/mol. The van der Waals surface area contributed by atoms with E-state index in [1.54, 1.807) is 17.4 Å². The number of benzene rings is 1. The van der Waals surface area contributed by atoms with Gasteiger partial charge in [-0.05, 0) is 6.92 Å². The van der Waals surface area contributed by atoms with Crippen LogP contribution in [0.4, 0.5) is 13.2 Å². The van der Waals surface area contributed by atoms with Crippen LogP contribution in [0.25, 0.3) is 11.3 Å². The van der Waals surface area contributed by atoms with Gasteiger partial charge in [0.2, 0.25) is 5.76 Å². The minimum atomic E-state index is -4.46. The Balaban J connectivity index is 2.09. The molecule has 0 spiro atoms. The van der Waals surface area contributed by atoms with Gasteiger partial charge in [-0.3, -0.25) is 4.79 Å². The van der Waals surface area contributed by atoms with Gasteiger partial charge in [0, 0.05) is 11.6 Å². The molecule has 0 aliphatic rings. The van der Waals surface area contributed by atoms with Gasteiger partial charge in [0.1, 0.15) is 12.2 Å². The van der Waals surface area contributed by atoms with Crippen molar-refractivity contribution in [1.82, 2.24) is 10.5 Å². The first-order valence-electron chi connectivity index (χ1n) is 5.74. The number of carbonyl (C=O) groups is 1. The highest BCUT2D eigenvalue weighted by atomic mass is 19.4. The Hall–Kier alpha value is -2.31. The van der Waals surface area contributed by atoms with Gasteiger partial charge in [0.05, 0.1) is 0 Å². The summed E-state index contributed by atoms with van der Waals surface area (Å²) in [6.07, 6.45) is -4.46. The monoisotopic (exact) mass is 284 g/mol. The van der Waals surface area contributed by atoms with Crippen LogP contribution >= 0.6 is 0 Å². The highest BCUT2D eigenvalue weighted by Gasteiger charge is 2.28. The van der Waals surface area contributed by atoms with E-state index in [2.05, 4.69) is 5.16 Å². The average Bonchev–Trinajstić information content (AvgIpc) is 2.85. The molecular formula is C13H11F3N2O2. The van der Waals surface area contributed by atoms with E-state index in [0.29, 0.717) is 11.3 Å². The van der Waals surface area contributed by atoms with Crippen molar-refractivity contribution in [1.29, 1.82) is 0 Å². The van der Waals surface area contributed by atoms with Crippen molar-refractivity contribution in [2.24, 2.45) is 0 Å². The van der Waals surface area contributed by atoms with Crippen molar-refractivity contribution in [2.75, 3.05) is 6.54 Å². The number of halogens is 3. The van der Waals surface area contributed by atoms with Crippen LogP contribution in [0.5, 0.6) is 0 Å². The molecule has 0 saturated carbocycles. The molecule has 0 atom stereocenters. The quantitative estimate of drug-likeness (QED) is 0.942. The fourth-order valence-electron chi connectivity index (χ4n) is 1.51. The summed E-state index contributed by atoms with van der Waals surface area (Å²) >= 11 is 0. The molecule has 0 unspecified atom stereocenters. The molecule has 0 bridgehead atoms. The number of rotatable bonds is 3. The SMILES string of the molecule is Cc1ccc(-c2cc(C(=O)NCC(F)(F)F)on2)cc1. The van der Waals surface area contributed by atoms with E-state index in [9.17, 15) is 18.0 Å². The highest BCUT2D eigenvalue weighted by Crippen LogP contribution is 2.20. The molecule has 0 radical (unpaired) electrons. The first-order chi connectivity index (χ1) is 9.35. The Morgan fingerprint density at radius 1 is 1.30 bits per heavy atom. The summed E-state index contributed by atoms with van der Waals surface area (Å²) in [5.74, 6) is -1.21. The number of nitrogens with zero attached hydrogens (tertiary/aromatic N) is 1. The molecule has 1 aromatic carbocycles. The number of nitrogens with one attached hydrogen (secondary N) is 1. The summed E-state index contributed by atoms with van der Waals surface area (Å²) in [7, 11) is 0. The normalized spacial score (nSPS) is 11.4. The van der Waals surface area contributed by atoms with Crippen LogP contribution < -0.4 is 5.32 Å². The third kappa shape index (κ3) is 3.59. The van der Waals surface area contributed by atoms with Gasteiger partial charge in [-0.1, -0.05) is 35.0 Å². The molecule has 2 aromatic rings. The zero-order valence-corrected chi connectivity index (χ0v) is 10.5. The lowest BCUT2D eigenvalue weighted by atomic mass is 10.1. The molecule has 7 heteroatoms. The van der Waals surface area contributed by atoms with E-state index in [1.165, 1.54) is 6.07 Å². The summed E-state index contributed by atoms with van der Waals surface area (Å²) in [6.45, 7) is 0.509. The zero-order valence-electron chi connectivity index (χ0n) is 10.5. The van der Waals surface area contributed by atoms with E-state index in [0.717, 1.165) is 5.56 Å². The minimum Gasteiger partial charge on any atom is -0.350 e. The standard InChI is InChI=1S/C13H11F3N2O2/c1-8-2-4-9(5-3-8)10-6-11(20-18-10)12(19)17-7-13(14,15)16/h2-6H,7H2,1H3,(H,17,19). The van der Waals surface area contributed by atoms with Crippen LogP contribution in [0.3, 0.4) is 0 Å². The van der Waals surface area contributed by atoms with E-state index in [1.807, 2.05) is 19.1 Å². The number of aromatic nitrogens is 1. The summed E-state index contributed by atoms with van der Waals surface area (Å²) in [6, 6.07) is 8.58. The van der Waals surface area contributed by atoms with Gasteiger partial charge >= 0.3 is 6.18 Å². The van der Waals surface area contributed by atoms with Crippen LogP contribution in [0, 0.1) is 6.92 Å². The number of hydrogen-bond acceptors (Lipinski definition) is 3. The van der Waals surface area contributed by atoms with Gasteiger partial charge in [0.15, 0.2) is 0 Å². The largest absolute Gasteiger partial charge is 0.405 e. The molecule has 0 aliphatic carbocycles. The van der Waals surface area contributed by atoms with Gasteiger partial charge in [-0.2, -0.15) is 13.2 Å². The number of aryl methyl sites for hydroxylation is 1. The molecule has 2 rings (SSSR count). The van der Waals surface area contributed by atoms with Crippen LogP contribution in [0.2, 0.25) is 0 Å². The Bertz CT molecular complexity index is 603. The first-order valence-corrected chi connectivity index (χ1v) is 5.74.